The third kappa shape index (κ3) is 2.76. The van der Waals surface area contributed by atoms with Gasteiger partial charge in [-0.15, -0.1) is 0 Å². The van der Waals surface area contributed by atoms with Gasteiger partial charge in [0.15, 0.2) is 0 Å². The summed E-state index contributed by atoms with van der Waals surface area (Å²) in [6, 6.07) is 19.7. The van der Waals surface area contributed by atoms with Crippen molar-refractivity contribution in [3.05, 3.63) is 78.5 Å². The van der Waals surface area contributed by atoms with Crippen LogP contribution in [0.25, 0.3) is 0 Å². The van der Waals surface area contributed by atoms with Gasteiger partial charge in [-0.3, -0.25) is 0 Å². The Hall–Kier alpha value is -2.53. The van der Waals surface area contributed by atoms with Gasteiger partial charge < -0.3 is 5.32 Å². The first-order chi connectivity index (χ1) is 10.6. The van der Waals surface area contributed by atoms with Gasteiger partial charge in [0.05, 0.1) is 4.90 Å². The third-order valence-electron chi connectivity index (χ3n) is 3.34. The van der Waals surface area contributed by atoms with E-state index in [0.29, 0.717) is 5.82 Å². The Morgan fingerprint density at radius 3 is 2.23 bits per heavy atom. The van der Waals surface area contributed by atoms with E-state index in [1.165, 1.54) is 3.97 Å². The molecule has 0 radical (unpaired) electrons. The summed E-state index contributed by atoms with van der Waals surface area (Å²) in [7, 11) is -3.61. The minimum Gasteiger partial charge on any atom is -0.341 e. The van der Waals surface area contributed by atoms with Crippen LogP contribution >= 0.6 is 0 Å². The fraction of sp³-hybridized carbons (Fsp3) is 0.0588. The molecule has 0 saturated heterocycles. The first-order valence-electron chi connectivity index (χ1n) is 6.89. The fourth-order valence-electron chi connectivity index (χ4n) is 2.17. The van der Waals surface area contributed by atoms with Gasteiger partial charge in [0.1, 0.15) is 5.82 Å². The normalized spacial score (nSPS) is 11.3. The highest BCUT2D eigenvalue weighted by Crippen LogP contribution is 2.23. The molecule has 0 aliphatic heterocycles. The third-order valence-corrected chi connectivity index (χ3v) is 5.04. The number of nitrogens with one attached hydrogen (secondary N) is 1. The van der Waals surface area contributed by atoms with Gasteiger partial charge in [-0.2, -0.15) is 0 Å². The summed E-state index contributed by atoms with van der Waals surface area (Å²) in [5, 5.41) is 3.12. The van der Waals surface area contributed by atoms with Gasteiger partial charge in [-0.25, -0.2) is 12.4 Å². The highest BCUT2D eigenvalue weighted by atomic mass is 32.2. The monoisotopic (exact) mass is 312 g/mol. The van der Waals surface area contributed by atoms with Crippen LogP contribution in [0.5, 0.6) is 0 Å². The molecule has 3 rings (SSSR count). The molecule has 2 aromatic carbocycles. The molecule has 0 fully saturated rings. The second-order valence-electron chi connectivity index (χ2n) is 5.00. The minimum absolute atomic E-state index is 0.269. The van der Waals surface area contributed by atoms with Gasteiger partial charge in [0, 0.05) is 11.9 Å². The van der Waals surface area contributed by atoms with Crippen molar-refractivity contribution in [3.8, 4) is 0 Å². The summed E-state index contributed by atoms with van der Waals surface area (Å²) in [6.45, 7) is 1.93. The Balaban J connectivity index is 1.99. The zero-order valence-corrected chi connectivity index (χ0v) is 12.9. The van der Waals surface area contributed by atoms with Crippen molar-refractivity contribution < 1.29 is 8.42 Å². The molecular weight excluding hydrogens is 296 g/mol. The molecule has 1 aromatic heterocycles. The van der Waals surface area contributed by atoms with Crippen LogP contribution in [-0.4, -0.2) is 12.4 Å². The van der Waals surface area contributed by atoms with Crippen LogP contribution in [0.4, 0.5) is 11.5 Å². The summed E-state index contributed by atoms with van der Waals surface area (Å²) in [5.74, 6) is 0.506. The smallest absolute Gasteiger partial charge is 0.269 e. The van der Waals surface area contributed by atoms with E-state index >= 15 is 0 Å². The van der Waals surface area contributed by atoms with Crippen LogP contribution in [0.2, 0.25) is 0 Å². The maximum atomic E-state index is 12.7. The number of para-hydroxylation sites is 1. The SMILES string of the molecule is Cc1ccc(S(=O)(=O)n2cccc2Nc2ccccc2)cc1. The number of aromatic nitrogens is 1. The van der Waals surface area contributed by atoms with Crippen LogP contribution in [0.15, 0.2) is 77.8 Å². The number of aryl methyl sites for hydroxylation is 1. The minimum atomic E-state index is -3.61. The van der Waals surface area contributed by atoms with E-state index in [4.69, 9.17) is 0 Å². The second-order valence-corrected chi connectivity index (χ2v) is 6.81. The van der Waals surface area contributed by atoms with Gasteiger partial charge in [-0.1, -0.05) is 35.9 Å². The summed E-state index contributed by atoms with van der Waals surface area (Å²) in [5.41, 5.74) is 1.86. The maximum absolute atomic E-state index is 12.7. The lowest BCUT2D eigenvalue weighted by atomic mass is 10.2. The topological polar surface area (TPSA) is 51.1 Å². The molecular formula is C17H16N2O2S. The summed E-state index contributed by atoms with van der Waals surface area (Å²) in [4.78, 5) is 0.269. The lowest BCUT2D eigenvalue weighted by Crippen LogP contribution is -2.14. The highest BCUT2D eigenvalue weighted by molar-refractivity contribution is 7.90. The number of nitrogens with zero attached hydrogens (tertiary/aromatic N) is 1. The zero-order valence-electron chi connectivity index (χ0n) is 12.1. The van der Waals surface area contributed by atoms with Crippen molar-refractivity contribution in [2.24, 2.45) is 0 Å². The zero-order chi connectivity index (χ0) is 15.6. The largest absolute Gasteiger partial charge is 0.341 e. The maximum Gasteiger partial charge on any atom is 0.269 e. The van der Waals surface area contributed by atoms with E-state index < -0.39 is 10.0 Å². The molecule has 0 aliphatic carbocycles. The van der Waals surface area contributed by atoms with Crippen LogP contribution < -0.4 is 5.32 Å². The lowest BCUT2D eigenvalue weighted by molar-refractivity contribution is 0.588. The van der Waals surface area contributed by atoms with Gasteiger partial charge in [0.2, 0.25) is 0 Å². The molecule has 112 valence electrons. The standard InChI is InChI=1S/C17H16N2O2S/c1-14-9-11-16(12-10-14)22(20,21)19-13-5-8-17(19)18-15-6-3-2-4-7-15/h2-13,18H,1H3. The van der Waals surface area contributed by atoms with Crippen LogP contribution in [0.1, 0.15) is 5.56 Å². The number of rotatable bonds is 4. The Kier molecular flexibility index (Phi) is 3.73. The number of hydrogen-bond acceptors (Lipinski definition) is 3. The van der Waals surface area contributed by atoms with E-state index in [1.807, 2.05) is 37.3 Å². The summed E-state index contributed by atoms with van der Waals surface area (Å²) in [6.07, 6.45) is 1.54. The van der Waals surface area contributed by atoms with Crippen LogP contribution in [0.3, 0.4) is 0 Å². The Morgan fingerprint density at radius 2 is 1.55 bits per heavy atom. The Labute approximate surface area is 130 Å². The molecule has 0 atom stereocenters. The van der Waals surface area contributed by atoms with E-state index in [1.54, 1.807) is 42.6 Å². The van der Waals surface area contributed by atoms with Gasteiger partial charge >= 0.3 is 0 Å². The molecule has 3 aromatic rings. The van der Waals surface area contributed by atoms with Crippen molar-refractivity contribution in [1.29, 1.82) is 0 Å². The van der Waals surface area contributed by atoms with Crippen molar-refractivity contribution in [3.63, 3.8) is 0 Å². The molecule has 1 heterocycles. The van der Waals surface area contributed by atoms with Crippen molar-refractivity contribution in [1.82, 2.24) is 3.97 Å². The van der Waals surface area contributed by atoms with Crippen LogP contribution in [-0.2, 0) is 10.0 Å². The molecule has 0 amide bonds. The van der Waals surface area contributed by atoms with Crippen molar-refractivity contribution in [2.75, 3.05) is 5.32 Å². The van der Waals surface area contributed by atoms with E-state index in [0.717, 1.165) is 11.3 Å². The van der Waals surface area contributed by atoms with Crippen LogP contribution in [0, 0.1) is 6.92 Å². The molecule has 0 spiro atoms. The molecule has 4 nitrogen and oxygen atoms in total. The number of hydrogen-bond donors (Lipinski definition) is 1. The van der Waals surface area contributed by atoms with Crippen molar-refractivity contribution in [2.45, 2.75) is 11.8 Å². The summed E-state index contributed by atoms with van der Waals surface area (Å²) >= 11 is 0. The predicted octanol–water partition coefficient (Wildman–Crippen LogP) is 3.78. The van der Waals surface area contributed by atoms with Crippen molar-refractivity contribution >= 4 is 21.5 Å². The first-order valence-corrected chi connectivity index (χ1v) is 8.33. The highest BCUT2D eigenvalue weighted by Gasteiger charge is 2.19. The number of benzene rings is 2. The average Bonchev–Trinajstić information content (AvgIpc) is 2.98. The lowest BCUT2D eigenvalue weighted by Gasteiger charge is -2.12. The average molecular weight is 312 g/mol. The molecule has 5 heteroatoms. The van der Waals surface area contributed by atoms with E-state index in [9.17, 15) is 8.42 Å². The molecule has 0 bridgehead atoms. The molecule has 22 heavy (non-hydrogen) atoms. The van der Waals surface area contributed by atoms with E-state index in [-0.39, 0.29) is 4.90 Å². The quantitative estimate of drug-likeness (QED) is 0.797. The number of anilines is 2. The molecule has 0 unspecified atom stereocenters. The Morgan fingerprint density at radius 1 is 0.864 bits per heavy atom. The first kappa shape index (κ1) is 14.4. The van der Waals surface area contributed by atoms with Gasteiger partial charge in [-0.05, 0) is 43.3 Å². The molecule has 0 aliphatic rings. The summed E-state index contributed by atoms with van der Waals surface area (Å²) < 4.78 is 26.7. The molecule has 1 N–H and O–H groups in total. The van der Waals surface area contributed by atoms with E-state index in [2.05, 4.69) is 5.32 Å². The molecule has 0 saturated carbocycles. The predicted molar refractivity (Wildman–Crippen MR) is 87.9 cm³/mol. The van der Waals surface area contributed by atoms with Gasteiger partial charge in [0.25, 0.3) is 10.0 Å². The second kappa shape index (κ2) is 5.69. The Bertz CT molecular complexity index is 867. The fourth-order valence-corrected chi connectivity index (χ4v) is 3.47.